The molecule has 1 aromatic carbocycles. The summed E-state index contributed by atoms with van der Waals surface area (Å²) in [6.07, 6.45) is 8.91. The number of allylic oxidation sites excluding steroid dienone is 5. The minimum absolute atomic E-state index is 0.203. The first-order valence-corrected chi connectivity index (χ1v) is 7.34. The molecule has 2 rings (SSSR count). The smallest absolute Gasteiger partial charge is 0.128 e. The van der Waals surface area contributed by atoms with Gasteiger partial charge in [-0.1, -0.05) is 24.1 Å². The molecule has 5 heteroatoms. The molecule has 1 aromatic rings. The fraction of sp³-hybridized carbons (Fsp3) is 0.118. The molecule has 22 heavy (non-hydrogen) atoms. The van der Waals surface area contributed by atoms with Crippen molar-refractivity contribution in [2.24, 2.45) is 0 Å². The second-order valence-electron chi connectivity index (χ2n) is 4.59. The van der Waals surface area contributed by atoms with Crippen molar-refractivity contribution in [3.63, 3.8) is 0 Å². The molecular weight excluding hydrogens is 350 g/mol. The van der Waals surface area contributed by atoms with Crippen LogP contribution >= 0.6 is 15.9 Å². The van der Waals surface area contributed by atoms with E-state index in [0.29, 0.717) is 17.7 Å². The SMILES string of the molecule is N=C1C=CC=C/C1=C/NC(CC#CBr)c1cc(F)ccc1F. The summed E-state index contributed by atoms with van der Waals surface area (Å²) < 4.78 is 27.3. The van der Waals surface area contributed by atoms with E-state index < -0.39 is 17.7 Å². The highest BCUT2D eigenvalue weighted by atomic mass is 79.9. The summed E-state index contributed by atoms with van der Waals surface area (Å²) in [5.74, 6) is 1.79. The van der Waals surface area contributed by atoms with E-state index in [9.17, 15) is 8.78 Å². The van der Waals surface area contributed by atoms with Gasteiger partial charge in [0, 0.05) is 39.7 Å². The Hall–Kier alpha value is -2.19. The predicted octanol–water partition coefficient (Wildman–Crippen LogP) is 4.37. The van der Waals surface area contributed by atoms with Gasteiger partial charge >= 0.3 is 0 Å². The first-order chi connectivity index (χ1) is 10.6. The third-order valence-electron chi connectivity index (χ3n) is 3.11. The van der Waals surface area contributed by atoms with Crippen LogP contribution in [0, 0.1) is 27.8 Å². The molecule has 0 saturated heterocycles. The van der Waals surface area contributed by atoms with E-state index in [-0.39, 0.29) is 5.56 Å². The number of benzene rings is 1. The van der Waals surface area contributed by atoms with Crippen LogP contribution in [0.3, 0.4) is 0 Å². The summed E-state index contributed by atoms with van der Waals surface area (Å²) in [5, 5.41) is 10.8. The zero-order chi connectivity index (χ0) is 15.9. The lowest BCUT2D eigenvalue weighted by molar-refractivity contribution is 0.541. The van der Waals surface area contributed by atoms with Crippen molar-refractivity contribution in [1.29, 1.82) is 5.41 Å². The molecule has 1 aliphatic carbocycles. The van der Waals surface area contributed by atoms with Gasteiger partial charge < -0.3 is 10.7 Å². The molecule has 1 atom stereocenters. The molecular formula is C17H13BrF2N2. The molecule has 0 saturated carbocycles. The van der Waals surface area contributed by atoms with Gasteiger partial charge in [0.05, 0.1) is 11.8 Å². The van der Waals surface area contributed by atoms with Crippen LogP contribution in [0.5, 0.6) is 0 Å². The molecule has 0 bridgehead atoms. The zero-order valence-electron chi connectivity index (χ0n) is 11.5. The van der Waals surface area contributed by atoms with Gasteiger partial charge in [0.2, 0.25) is 0 Å². The molecule has 0 fully saturated rings. The lowest BCUT2D eigenvalue weighted by Gasteiger charge is -2.17. The molecule has 2 N–H and O–H groups in total. The molecule has 0 heterocycles. The van der Waals surface area contributed by atoms with Crippen molar-refractivity contribution in [3.8, 4) is 10.8 Å². The molecule has 0 aromatic heterocycles. The Morgan fingerprint density at radius 2 is 2.05 bits per heavy atom. The van der Waals surface area contributed by atoms with Gasteiger partial charge in [-0.15, -0.1) is 0 Å². The maximum absolute atomic E-state index is 13.9. The van der Waals surface area contributed by atoms with E-state index in [1.807, 2.05) is 6.08 Å². The highest BCUT2D eigenvalue weighted by Gasteiger charge is 2.15. The number of nitrogens with one attached hydrogen (secondary N) is 2. The Morgan fingerprint density at radius 1 is 1.27 bits per heavy atom. The lowest BCUT2D eigenvalue weighted by atomic mass is 10.0. The average molecular weight is 363 g/mol. The van der Waals surface area contributed by atoms with Crippen LogP contribution in [0.15, 0.2) is 54.3 Å². The Kier molecular flexibility index (Phi) is 5.68. The molecule has 1 aliphatic rings. The average Bonchev–Trinajstić information content (AvgIpc) is 2.52. The topological polar surface area (TPSA) is 35.9 Å². The highest BCUT2D eigenvalue weighted by molar-refractivity contribution is 9.12. The summed E-state index contributed by atoms with van der Waals surface area (Å²) in [5.41, 5.74) is 1.21. The molecule has 1 unspecified atom stereocenters. The normalized spacial score (nSPS) is 16.3. The summed E-state index contributed by atoms with van der Waals surface area (Å²) in [7, 11) is 0. The van der Waals surface area contributed by atoms with E-state index in [2.05, 4.69) is 32.0 Å². The Labute approximate surface area is 136 Å². The second kappa shape index (κ2) is 7.71. The van der Waals surface area contributed by atoms with Gasteiger partial charge in [-0.25, -0.2) is 8.78 Å². The van der Waals surface area contributed by atoms with Crippen LogP contribution in [0.1, 0.15) is 18.0 Å². The molecule has 0 radical (unpaired) electrons. The van der Waals surface area contributed by atoms with Crippen LogP contribution in [0.25, 0.3) is 0 Å². The second-order valence-corrected chi connectivity index (χ2v) is 4.99. The van der Waals surface area contributed by atoms with Crippen molar-refractivity contribution in [1.82, 2.24) is 5.32 Å². The van der Waals surface area contributed by atoms with Gasteiger partial charge in [-0.3, -0.25) is 0 Å². The number of hydrogen-bond donors (Lipinski definition) is 2. The highest BCUT2D eigenvalue weighted by Crippen LogP contribution is 2.22. The fourth-order valence-corrected chi connectivity index (χ4v) is 2.16. The summed E-state index contributed by atoms with van der Waals surface area (Å²) in [6.45, 7) is 0. The van der Waals surface area contributed by atoms with Gasteiger partial charge in [0.1, 0.15) is 11.6 Å². The van der Waals surface area contributed by atoms with E-state index in [1.165, 1.54) is 0 Å². The summed E-state index contributed by atoms with van der Waals surface area (Å²) in [6, 6.07) is 2.82. The third-order valence-corrected chi connectivity index (χ3v) is 3.39. The van der Waals surface area contributed by atoms with Gasteiger partial charge in [-0.05, 0) is 29.1 Å². The van der Waals surface area contributed by atoms with Crippen molar-refractivity contribution >= 4 is 21.6 Å². The minimum atomic E-state index is -0.514. The van der Waals surface area contributed by atoms with Crippen molar-refractivity contribution in [2.75, 3.05) is 0 Å². The monoisotopic (exact) mass is 362 g/mol. The van der Waals surface area contributed by atoms with Crippen LogP contribution in [0.2, 0.25) is 0 Å². The Bertz CT molecular complexity index is 724. The number of hydrogen-bond acceptors (Lipinski definition) is 2. The van der Waals surface area contributed by atoms with Crippen molar-refractivity contribution in [3.05, 3.63) is 71.5 Å². The van der Waals surface area contributed by atoms with Crippen LogP contribution in [-0.4, -0.2) is 5.71 Å². The lowest BCUT2D eigenvalue weighted by Crippen LogP contribution is -2.18. The molecule has 0 amide bonds. The van der Waals surface area contributed by atoms with Crippen LogP contribution in [-0.2, 0) is 0 Å². The van der Waals surface area contributed by atoms with Crippen molar-refractivity contribution in [2.45, 2.75) is 12.5 Å². The minimum Gasteiger partial charge on any atom is -0.382 e. The Morgan fingerprint density at radius 3 is 2.77 bits per heavy atom. The quantitative estimate of drug-likeness (QED) is 0.766. The largest absolute Gasteiger partial charge is 0.382 e. The third kappa shape index (κ3) is 4.15. The number of rotatable bonds is 4. The van der Waals surface area contributed by atoms with Gasteiger partial charge in [0.25, 0.3) is 0 Å². The Balaban J connectivity index is 2.26. The van der Waals surface area contributed by atoms with E-state index in [1.54, 1.807) is 24.4 Å². The predicted molar refractivity (Wildman–Crippen MR) is 87.6 cm³/mol. The maximum atomic E-state index is 13.9. The van der Waals surface area contributed by atoms with E-state index in [0.717, 1.165) is 18.2 Å². The van der Waals surface area contributed by atoms with E-state index in [4.69, 9.17) is 5.41 Å². The zero-order valence-corrected chi connectivity index (χ0v) is 13.1. The van der Waals surface area contributed by atoms with Gasteiger partial charge in [-0.2, -0.15) is 0 Å². The van der Waals surface area contributed by atoms with Crippen LogP contribution in [0.4, 0.5) is 8.78 Å². The molecule has 112 valence electrons. The first-order valence-electron chi connectivity index (χ1n) is 6.55. The first kappa shape index (κ1) is 16.2. The summed E-state index contributed by atoms with van der Waals surface area (Å²) in [4.78, 5) is 2.57. The fourth-order valence-electron chi connectivity index (χ4n) is 1.99. The van der Waals surface area contributed by atoms with E-state index >= 15 is 0 Å². The molecule has 2 nitrogen and oxygen atoms in total. The number of halogens is 3. The van der Waals surface area contributed by atoms with Gasteiger partial charge in [0.15, 0.2) is 0 Å². The maximum Gasteiger partial charge on any atom is 0.128 e. The standard InChI is InChI=1S/C17H13BrF2N2/c18-9-3-6-17(14-10-13(19)7-8-15(14)20)22-11-12-4-1-2-5-16(12)21/h1-2,4-5,7-8,10-11,17,21-22H,6H2/b12-11-,21-16?. The molecule has 0 aliphatic heterocycles. The van der Waals surface area contributed by atoms with Crippen LogP contribution < -0.4 is 5.32 Å². The van der Waals surface area contributed by atoms with Crippen molar-refractivity contribution < 1.29 is 8.78 Å². The molecule has 0 spiro atoms. The summed E-state index contributed by atoms with van der Waals surface area (Å²) >= 11 is 2.99.